The molecule has 1 aromatic carbocycles. The van der Waals surface area contributed by atoms with Crippen LogP contribution in [0.5, 0.6) is 0 Å². The van der Waals surface area contributed by atoms with E-state index in [1.165, 1.54) is 12.0 Å². The third-order valence-corrected chi connectivity index (χ3v) is 5.29. The molecule has 3 rings (SSSR count). The first-order valence-corrected chi connectivity index (χ1v) is 8.15. The second kappa shape index (κ2) is 6.07. The third kappa shape index (κ3) is 2.87. The van der Waals surface area contributed by atoms with Gasteiger partial charge in [0.2, 0.25) is 0 Å². The molecule has 3 unspecified atom stereocenters. The highest BCUT2D eigenvalue weighted by atomic mass is 16.5. The minimum absolute atomic E-state index is 0.125. The van der Waals surface area contributed by atoms with Crippen molar-refractivity contribution in [1.82, 2.24) is 5.32 Å². The van der Waals surface area contributed by atoms with Crippen LogP contribution >= 0.6 is 0 Å². The Labute approximate surface area is 127 Å². The summed E-state index contributed by atoms with van der Waals surface area (Å²) in [6.45, 7) is 5.66. The fourth-order valence-electron chi connectivity index (χ4n) is 4.19. The molecule has 3 heteroatoms. The van der Waals surface area contributed by atoms with Crippen molar-refractivity contribution in [2.75, 3.05) is 13.2 Å². The molecule has 2 fully saturated rings. The van der Waals surface area contributed by atoms with E-state index in [-0.39, 0.29) is 18.1 Å². The standard InChI is InChI=1S/C18H27NO2/c1-18(2)16(15-9-6-10-21-17(15)18)19-14(12-20)11-13-7-4-3-5-8-13/h3-5,7-8,14-17,19-20H,6,9-12H2,1-2H3/t14-,15?,16?,17?/m0/s1. The summed E-state index contributed by atoms with van der Waals surface area (Å²) in [5, 5.41) is 13.4. The minimum atomic E-state index is 0.125. The zero-order chi connectivity index (χ0) is 14.9. The smallest absolute Gasteiger partial charge is 0.0684 e. The lowest BCUT2D eigenvalue weighted by molar-refractivity contribution is -0.195. The molecule has 0 amide bonds. The molecule has 1 aromatic rings. The Bertz CT molecular complexity index is 460. The van der Waals surface area contributed by atoms with Crippen molar-refractivity contribution >= 4 is 0 Å². The summed E-state index contributed by atoms with van der Waals surface area (Å²) in [7, 11) is 0. The van der Waals surface area contributed by atoms with Crippen LogP contribution in [0.1, 0.15) is 32.3 Å². The predicted octanol–water partition coefficient (Wildman–Crippen LogP) is 2.38. The van der Waals surface area contributed by atoms with Gasteiger partial charge in [-0.15, -0.1) is 0 Å². The maximum absolute atomic E-state index is 9.73. The number of hydrogen-bond acceptors (Lipinski definition) is 3. The number of hydrogen-bond donors (Lipinski definition) is 2. The van der Waals surface area contributed by atoms with E-state index >= 15 is 0 Å². The molecule has 1 aliphatic carbocycles. The quantitative estimate of drug-likeness (QED) is 0.874. The molecule has 1 saturated heterocycles. The van der Waals surface area contributed by atoms with Gasteiger partial charge in [-0.1, -0.05) is 44.2 Å². The molecule has 21 heavy (non-hydrogen) atoms. The fourth-order valence-corrected chi connectivity index (χ4v) is 4.19. The lowest BCUT2D eigenvalue weighted by atomic mass is 9.55. The van der Waals surface area contributed by atoms with Crippen LogP contribution in [0.3, 0.4) is 0 Å². The largest absolute Gasteiger partial charge is 0.395 e. The van der Waals surface area contributed by atoms with Gasteiger partial charge >= 0.3 is 0 Å². The average molecular weight is 289 g/mol. The zero-order valence-corrected chi connectivity index (χ0v) is 13.1. The molecule has 2 N–H and O–H groups in total. The van der Waals surface area contributed by atoms with Crippen molar-refractivity contribution in [1.29, 1.82) is 0 Å². The van der Waals surface area contributed by atoms with Crippen molar-refractivity contribution in [2.45, 2.75) is 51.3 Å². The molecule has 0 radical (unpaired) electrons. The summed E-state index contributed by atoms with van der Waals surface area (Å²) in [6.07, 6.45) is 3.68. The van der Waals surface area contributed by atoms with E-state index in [1.54, 1.807) is 0 Å². The van der Waals surface area contributed by atoms with Gasteiger partial charge in [0, 0.05) is 30.0 Å². The average Bonchev–Trinajstić information content (AvgIpc) is 2.52. The Morgan fingerprint density at radius 3 is 2.81 bits per heavy atom. The Balaban J connectivity index is 1.64. The van der Waals surface area contributed by atoms with E-state index in [0.717, 1.165) is 19.4 Å². The first kappa shape index (κ1) is 15.0. The molecule has 2 aliphatic rings. The SMILES string of the molecule is CC1(C)C(N[C@H](CO)Cc2ccccc2)C2CCCOC21. The van der Waals surface area contributed by atoms with Crippen molar-refractivity contribution < 1.29 is 9.84 Å². The van der Waals surface area contributed by atoms with Gasteiger partial charge in [-0.2, -0.15) is 0 Å². The van der Waals surface area contributed by atoms with E-state index in [1.807, 2.05) is 6.07 Å². The van der Waals surface area contributed by atoms with E-state index < -0.39 is 0 Å². The highest BCUT2D eigenvalue weighted by molar-refractivity contribution is 5.17. The summed E-state index contributed by atoms with van der Waals surface area (Å²) in [5.74, 6) is 0.610. The summed E-state index contributed by atoms with van der Waals surface area (Å²) < 4.78 is 5.95. The third-order valence-electron chi connectivity index (χ3n) is 5.29. The van der Waals surface area contributed by atoms with Crippen molar-refractivity contribution in [3.8, 4) is 0 Å². The molecule has 3 nitrogen and oxygen atoms in total. The Kier molecular flexibility index (Phi) is 4.34. The maximum Gasteiger partial charge on any atom is 0.0684 e. The van der Waals surface area contributed by atoms with Gasteiger partial charge in [0.15, 0.2) is 0 Å². The molecular formula is C18H27NO2. The Hall–Kier alpha value is -0.900. The molecule has 0 spiro atoms. The summed E-state index contributed by atoms with van der Waals surface area (Å²) in [4.78, 5) is 0. The molecule has 1 saturated carbocycles. The Morgan fingerprint density at radius 1 is 1.33 bits per heavy atom. The zero-order valence-electron chi connectivity index (χ0n) is 13.1. The van der Waals surface area contributed by atoms with Crippen LogP contribution in [0.25, 0.3) is 0 Å². The molecule has 0 aromatic heterocycles. The summed E-state index contributed by atoms with van der Waals surface area (Å²) >= 11 is 0. The molecule has 1 aliphatic heterocycles. The van der Waals surface area contributed by atoms with Crippen LogP contribution in [-0.4, -0.2) is 36.5 Å². The van der Waals surface area contributed by atoms with Gasteiger partial charge < -0.3 is 15.2 Å². The topological polar surface area (TPSA) is 41.5 Å². The number of ether oxygens (including phenoxy) is 1. The fraction of sp³-hybridized carbons (Fsp3) is 0.667. The molecular weight excluding hydrogens is 262 g/mol. The van der Waals surface area contributed by atoms with Crippen LogP contribution in [0.15, 0.2) is 30.3 Å². The monoisotopic (exact) mass is 289 g/mol. The lowest BCUT2D eigenvalue weighted by Crippen LogP contribution is -2.71. The first-order chi connectivity index (χ1) is 10.1. The summed E-state index contributed by atoms with van der Waals surface area (Å²) in [6, 6.07) is 11.0. The molecule has 1 heterocycles. The highest BCUT2D eigenvalue weighted by Gasteiger charge is 2.57. The number of benzene rings is 1. The Morgan fingerprint density at radius 2 is 2.10 bits per heavy atom. The highest BCUT2D eigenvalue weighted by Crippen LogP contribution is 2.51. The van der Waals surface area contributed by atoms with Gasteiger partial charge in [0.05, 0.1) is 12.7 Å². The van der Waals surface area contributed by atoms with Gasteiger partial charge in [-0.3, -0.25) is 0 Å². The van der Waals surface area contributed by atoms with E-state index in [0.29, 0.717) is 18.1 Å². The lowest BCUT2D eigenvalue weighted by Gasteiger charge is -2.60. The minimum Gasteiger partial charge on any atom is -0.395 e. The van der Waals surface area contributed by atoms with Crippen LogP contribution in [0.4, 0.5) is 0 Å². The van der Waals surface area contributed by atoms with Crippen molar-refractivity contribution in [2.24, 2.45) is 11.3 Å². The van der Waals surface area contributed by atoms with Gasteiger partial charge in [-0.05, 0) is 24.8 Å². The molecule has 4 atom stereocenters. The van der Waals surface area contributed by atoms with Gasteiger partial charge in [0.25, 0.3) is 0 Å². The van der Waals surface area contributed by atoms with E-state index in [4.69, 9.17) is 4.74 Å². The first-order valence-electron chi connectivity index (χ1n) is 8.15. The summed E-state index contributed by atoms with van der Waals surface area (Å²) in [5.41, 5.74) is 1.44. The number of fused-ring (bicyclic) bond motifs is 1. The predicted molar refractivity (Wildman–Crippen MR) is 84.2 cm³/mol. The number of nitrogens with one attached hydrogen (secondary N) is 1. The van der Waals surface area contributed by atoms with E-state index in [9.17, 15) is 5.11 Å². The second-order valence-corrected chi connectivity index (χ2v) is 7.13. The number of aliphatic hydroxyl groups is 1. The van der Waals surface area contributed by atoms with Crippen LogP contribution in [0.2, 0.25) is 0 Å². The van der Waals surface area contributed by atoms with Crippen molar-refractivity contribution in [3.05, 3.63) is 35.9 Å². The van der Waals surface area contributed by atoms with Crippen LogP contribution in [0, 0.1) is 11.3 Å². The number of aliphatic hydroxyl groups excluding tert-OH is 1. The molecule has 0 bridgehead atoms. The van der Waals surface area contributed by atoms with Crippen molar-refractivity contribution in [3.63, 3.8) is 0 Å². The van der Waals surface area contributed by atoms with E-state index in [2.05, 4.69) is 43.4 Å². The molecule has 116 valence electrons. The second-order valence-electron chi connectivity index (χ2n) is 7.13. The maximum atomic E-state index is 9.73. The normalized spacial score (nSPS) is 32.0. The number of rotatable bonds is 5. The van der Waals surface area contributed by atoms with Crippen LogP contribution in [-0.2, 0) is 11.2 Å². The van der Waals surface area contributed by atoms with Gasteiger partial charge in [-0.25, -0.2) is 0 Å². The van der Waals surface area contributed by atoms with Crippen LogP contribution < -0.4 is 5.32 Å². The van der Waals surface area contributed by atoms with Gasteiger partial charge in [0.1, 0.15) is 0 Å².